The number of nitrogens with one attached hydrogen (secondary N) is 1. The van der Waals surface area contributed by atoms with Gasteiger partial charge in [-0.15, -0.1) is 11.3 Å². The van der Waals surface area contributed by atoms with E-state index in [-0.39, 0.29) is 13.6 Å². The first-order valence-corrected chi connectivity index (χ1v) is 7.99. The average molecular weight is 362 g/mol. The monoisotopic (exact) mass is 361 g/mol. The lowest BCUT2D eigenvalue weighted by Crippen LogP contribution is -2.42. The highest BCUT2D eigenvalue weighted by atomic mass is 35.5. The number of aliphatic carboxylic acids is 1. The molecule has 1 rings (SSSR count). The van der Waals surface area contributed by atoms with Crippen molar-refractivity contribution in [1.82, 2.24) is 4.72 Å². The summed E-state index contributed by atoms with van der Waals surface area (Å²) in [5, 5.41) is 8.91. The number of hydrogen-bond donors (Lipinski definition) is 2. The lowest BCUT2D eigenvalue weighted by molar-refractivity contribution is -0.147. The van der Waals surface area contributed by atoms with Gasteiger partial charge in [0.2, 0.25) is 10.0 Å². The molecule has 0 unspecified atom stereocenters. The number of carboxylic acids is 1. The topological polar surface area (TPSA) is 110 Å². The standard InChI is InChI=1S/C9H9Cl2NO6S2/c1-18-7(13)2-4(9(14)15)12-20(16,17)5-3-6(10)19-8(5)11/h3-4,12H,2H2,1H3,(H,14,15)/t4-/m0/s1. The molecule has 1 aromatic rings. The zero-order valence-corrected chi connectivity index (χ0v) is 13.1. The SMILES string of the molecule is COC(=O)C[C@H](NS(=O)(=O)c1cc(Cl)sc1Cl)C(=O)O. The fourth-order valence-corrected chi connectivity index (χ4v) is 4.53. The van der Waals surface area contributed by atoms with Crippen LogP contribution in [0.4, 0.5) is 0 Å². The molecule has 0 aromatic carbocycles. The van der Waals surface area contributed by atoms with E-state index in [1.165, 1.54) is 0 Å². The fourth-order valence-electron chi connectivity index (χ4n) is 1.19. The summed E-state index contributed by atoms with van der Waals surface area (Å²) in [5.41, 5.74) is 0. The van der Waals surface area contributed by atoms with Gasteiger partial charge >= 0.3 is 11.9 Å². The van der Waals surface area contributed by atoms with Crippen LogP contribution in [0.3, 0.4) is 0 Å². The Hall–Kier alpha value is -0.870. The van der Waals surface area contributed by atoms with E-state index in [9.17, 15) is 18.0 Å². The van der Waals surface area contributed by atoms with Crippen LogP contribution in [-0.2, 0) is 24.3 Å². The molecule has 20 heavy (non-hydrogen) atoms. The number of carbonyl (C=O) groups excluding carboxylic acids is 1. The first kappa shape index (κ1) is 17.2. The highest BCUT2D eigenvalue weighted by Gasteiger charge is 2.30. The molecule has 0 aliphatic rings. The molecule has 11 heteroatoms. The summed E-state index contributed by atoms with van der Waals surface area (Å²) < 4.78 is 30.2. The summed E-state index contributed by atoms with van der Waals surface area (Å²) in [6.07, 6.45) is -0.652. The summed E-state index contributed by atoms with van der Waals surface area (Å²) in [6, 6.07) is -0.573. The van der Waals surface area contributed by atoms with Crippen molar-refractivity contribution in [3.8, 4) is 0 Å². The number of esters is 1. The van der Waals surface area contributed by atoms with Gasteiger partial charge in [-0.25, -0.2) is 8.42 Å². The molecule has 0 amide bonds. The molecule has 0 aliphatic heterocycles. The molecule has 0 fully saturated rings. The van der Waals surface area contributed by atoms with Gasteiger partial charge in [-0.3, -0.25) is 9.59 Å². The minimum atomic E-state index is -4.21. The van der Waals surface area contributed by atoms with Crippen molar-refractivity contribution in [3.05, 3.63) is 14.7 Å². The largest absolute Gasteiger partial charge is 0.480 e. The Balaban J connectivity index is 3.00. The molecule has 1 aromatic heterocycles. The van der Waals surface area contributed by atoms with E-state index in [2.05, 4.69) is 4.74 Å². The van der Waals surface area contributed by atoms with Crippen LogP contribution in [0.15, 0.2) is 11.0 Å². The molecule has 1 atom stereocenters. The number of rotatable bonds is 6. The van der Waals surface area contributed by atoms with Gasteiger partial charge in [-0.2, -0.15) is 4.72 Å². The Labute approximate surface area is 128 Å². The zero-order valence-electron chi connectivity index (χ0n) is 9.92. The number of hydrogen-bond acceptors (Lipinski definition) is 6. The van der Waals surface area contributed by atoms with E-state index in [4.69, 9.17) is 28.3 Å². The van der Waals surface area contributed by atoms with Gasteiger partial charge < -0.3 is 9.84 Å². The van der Waals surface area contributed by atoms with E-state index >= 15 is 0 Å². The van der Waals surface area contributed by atoms with Crippen molar-refractivity contribution in [2.75, 3.05) is 7.11 Å². The lowest BCUT2D eigenvalue weighted by Gasteiger charge is -2.13. The van der Waals surface area contributed by atoms with Crippen LogP contribution < -0.4 is 4.72 Å². The molecular formula is C9H9Cl2NO6S2. The molecule has 0 saturated heterocycles. The van der Waals surface area contributed by atoms with E-state index in [0.29, 0.717) is 0 Å². The molecule has 0 bridgehead atoms. The maximum Gasteiger partial charge on any atom is 0.322 e. The Morgan fingerprint density at radius 3 is 2.50 bits per heavy atom. The van der Waals surface area contributed by atoms with E-state index < -0.39 is 34.4 Å². The normalized spacial score (nSPS) is 12.9. The zero-order chi connectivity index (χ0) is 15.5. The number of ether oxygens (including phenoxy) is 1. The van der Waals surface area contributed by atoms with Gasteiger partial charge in [0.05, 0.1) is 17.9 Å². The maximum atomic E-state index is 12.0. The van der Waals surface area contributed by atoms with Crippen molar-refractivity contribution in [1.29, 1.82) is 0 Å². The van der Waals surface area contributed by atoms with Gasteiger partial charge in [0.15, 0.2) is 0 Å². The molecule has 2 N–H and O–H groups in total. The number of carbonyl (C=O) groups is 2. The van der Waals surface area contributed by atoms with E-state index in [0.717, 1.165) is 24.5 Å². The number of sulfonamides is 1. The van der Waals surface area contributed by atoms with E-state index in [1.807, 2.05) is 4.72 Å². The highest BCUT2D eigenvalue weighted by Crippen LogP contribution is 2.34. The Kier molecular flexibility index (Phi) is 5.78. The van der Waals surface area contributed by atoms with Crippen LogP contribution in [0.5, 0.6) is 0 Å². The number of thiophene rings is 1. The second-order valence-electron chi connectivity index (χ2n) is 3.48. The number of halogens is 2. The van der Waals surface area contributed by atoms with Crippen LogP contribution in [-0.4, -0.2) is 38.6 Å². The van der Waals surface area contributed by atoms with Crippen molar-refractivity contribution in [3.63, 3.8) is 0 Å². The molecule has 0 radical (unpaired) electrons. The number of methoxy groups -OCH3 is 1. The molecule has 0 saturated carbocycles. The molecule has 7 nitrogen and oxygen atoms in total. The minimum Gasteiger partial charge on any atom is -0.480 e. The summed E-state index contributed by atoms with van der Waals surface area (Å²) in [5.74, 6) is -2.38. The summed E-state index contributed by atoms with van der Waals surface area (Å²) >= 11 is 12.2. The van der Waals surface area contributed by atoms with Gasteiger partial charge in [0.25, 0.3) is 0 Å². The molecule has 0 spiro atoms. The number of carboxylic acid groups (broad SMARTS) is 1. The van der Waals surface area contributed by atoms with Gasteiger partial charge in [0.1, 0.15) is 15.3 Å². The average Bonchev–Trinajstić information content (AvgIpc) is 2.67. The van der Waals surface area contributed by atoms with Crippen molar-refractivity contribution in [2.45, 2.75) is 17.4 Å². The van der Waals surface area contributed by atoms with E-state index in [1.54, 1.807) is 0 Å². The Morgan fingerprint density at radius 2 is 2.10 bits per heavy atom. The quantitative estimate of drug-likeness (QED) is 0.740. The first-order valence-electron chi connectivity index (χ1n) is 4.94. The van der Waals surface area contributed by atoms with Crippen LogP contribution in [0.2, 0.25) is 8.67 Å². The molecule has 0 aliphatic carbocycles. The predicted molar refractivity (Wildman–Crippen MR) is 72.7 cm³/mol. The van der Waals surface area contributed by atoms with Crippen LogP contribution >= 0.6 is 34.5 Å². The van der Waals surface area contributed by atoms with Gasteiger partial charge in [-0.1, -0.05) is 23.2 Å². The molecule has 112 valence electrons. The van der Waals surface area contributed by atoms with Crippen LogP contribution in [0, 0.1) is 0 Å². The maximum absolute atomic E-state index is 12.0. The minimum absolute atomic E-state index is 0.107. The lowest BCUT2D eigenvalue weighted by atomic mass is 10.2. The van der Waals surface area contributed by atoms with Gasteiger partial charge in [-0.05, 0) is 6.07 Å². The molecule has 1 heterocycles. The third-order valence-electron chi connectivity index (χ3n) is 2.11. The fraction of sp³-hybridized carbons (Fsp3) is 0.333. The summed E-state index contributed by atoms with van der Waals surface area (Å²) in [6.45, 7) is 0. The third kappa shape index (κ3) is 4.32. The van der Waals surface area contributed by atoms with Crippen molar-refractivity contribution in [2.24, 2.45) is 0 Å². The smallest absolute Gasteiger partial charge is 0.322 e. The summed E-state index contributed by atoms with van der Waals surface area (Å²) in [7, 11) is -3.15. The van der Waals surface area contributed by atoms with Crippen molar-refractivity contribution < 1.29 is 27.9 Å². The summed E-state index contributed by atoms with van der Waals surface area (Å²) in [4.78, 5) is 21.7. The molecular weight excluding hydrogens is 353 g/mol. The predicted octanol–water partition coefficient (Wildman–Crippen LogP) is 1.35. The van der Waals surface area contributed by atoms with Crippen molar-refractivity contribution >= 4 is 56.5 Å². The van der Waals surface area contributed by atoms with Crippen LogP contribution in [0.1, 0.15) is 6.42 Å². The van der Waals surface area contributed by atoms with Crippen LogP contribution in [0.25, 0.3) is 0 Å². The first-order chi connectivity index (χ1) is 9.17. The highest BCUT2D eigenvalue weighted by molar-refractivity contribution is 7.89. The second-order valence-corrected chi connectivity index (χ2v) is 7.45. The van der Waals surface area contributed by atoms with Gasteiger partial charge in [0, 0.05) is 0 Å². The second kappa shape index (κ2) is 6.72. The Bertz CT molecular complexity index is 626. The Morgan fingerprint density at radius 1 is 1.50 bits per heavy atom. The third-order valence-corrected chi connectivity index (χ3v) is 5.33.